The molecule has 1 heterocycles. The summed E-state index contributed by atoms with van der Waals surface area (Å²) < 4.78 is 5.04. The van der Waals surface area contributed by atoms with Crippen LogP contribution in [0, 0.1) is 0 Å². The van der Waals surface area contributed by atoms with Crippen molar-refractivity contribution in [2.75, 3.05) is 20.3 Å². The molecule has 2 rings (SSSR count). The van der Waals surface area contributed by atoms with Crippen molar-refractivity contribution in [3.63, 3.8) is 0 Å². The maximum absolute atomic E-state index is 12.3. The van der Waals surface area contributed by atoms with Crippen LogP contribution in [0.15, 0.2) is 35.6 Å². The number of hydrogen-bond donors (Lipinski definition) is 1. The number of ketones is 1. The standard InChI is InChI=1S/C18H23NO4/c1-11(2)13-5-7-14(8-6-13)16-15(12(3)20)17(21)18(22)19(16)9-10-23-4/h5-8,11,16,21H,9-10H2,1-4H3/t16-/m1/s1. The number of carbonyl (C=O) groups excluding carboxylic acids is 2. The average molecular weight is 317 g/mol. The first kappa shape index (κ1) is 17.2. The Labute approximate surface area is 136 Å². The van der Waals surface area contributed by atoms with Crippen molar-refractivity contribution in [3.8, 4) is 0 Å². The Hall–Kier alpha value is -2.14. The van der Waals surface area contributed by atoms with Gasteiger partial charge in [-0.25, -0.2) is 0 Å². The van der Waals surface area contributed by atoms with Crippen molar-refractivity contribution in [2.24, 2.45) is 0 Å². The van der Waals surface area contributed by atoms with E-state index in [1.165, 1.54) is 17.4 Å². The highest BCUT2D eigenvalue weighted by atomic mass is 16.5. The molecule has 1 amide bonds. The van der Waals surface area contributed by atoms with Crippen LogP contribution >= 0.6 is 0 Å². The zero-order chi connectivity index (χ0) is 17.1. The summed E-state index contributed by atoms with van der Waals surface area (Å²) in [5, 5.41) is 10.1. The van der Waals surface area contributed by atoms with E-state index in [2.05, 4.69) is 13.8 Å². The average Bonchev–Trinajstić information content (AvgIpc) is 2.77. The van der Waals surface area contributed by atoms with Crippen molar-refractivity contribution >= 4 is 11.7 Å². The number of ether oxygens (including phenoxy) is 1. The lowest BCUT2D eigenvalue weighted by Crippen LogP contribution is -2.33. The third kappa shape index (κ3) is 3.29. The highest BCUT2D eigenvalue weighted by molar-refractivity contribution is 6.08. The van der Waals surface area contributed by atoms with Gasteiger partial charge in [0.2, 0.25) is 0 Å². The van der Waals surface area contributed by atoms with Gasteiger partial charge in [-0.15, -0.1) is 0 Å². The largest absolute Gasteiger partial charge is 0.503 e. The third-order valence-corrected chi connectivity index (χ3v) is 4.14. The number of benzene rings is 1. The number of nitrogens with zero attached hydrogens (tertiary/aromatic N) is 1. The summed E-state index contributed by atoms with van der Waals surface area (Å²) >= 11 is 0. The normalized spacial score (nSPS) is 18.2. The molecule has 1 aliphatic rings. The minimum Gasteiger partial charge on any atom is -0.503 e. The Balaban J connectivity index is 2.43. The van der Waals surface area contributed by atoms with Crippen LogP contribution in [0.2, 0.25) is 0 Å². The van der Waals surface area contributed by atoms with E-state index >= 15 is 0 Å². The van der Waals surface area contributed by atoms with Crippen LogP contribution in [0.25, 0.3) is 0 Å². The summed E-state index contributed by atoms with van der Waals surface area (Å²) in [5.74, 6) is -0.875. The van der Waals surface area contributed by atoms with E-state index < -0.39 is 17.7 Å². The summed E-state index contributed by atoms with van der Waals surface area (Å²) in [6.45, 7) is 6.23. The molecule has 0 radical (unpaired) electrons. The van der Waals surface area contributed by atoms with Gasteiger partial charge in [0.05, 0.1) is 18.2 Å². The number of hydrogen-bond acceptors (Lipinski definition) is 4. The molecule has 1 N–H and O–H groups in total. The van der Waals surface area contributed by atoms with E-state index in [0.29, 0.717) is 19.1 Å². The predicted molar refractivity (Wildman–Crippen MR) is 87.2 cm³/mol. The van der Waals surface area contributed by atoms with Gasteiger partial charge in [-0.2, -0.15) is 0 Å². The molecule has 0 bridgehead atoms. The molecule has 0 unspecified atom stereocenters. The number of amides is 1. The first-order valence-electron chi connectivity index (χ1n) is 7.72. The lowest BCUT2D eigenvalue weighted by Gasteiger charge is -2.26. The van der Waals surface area contributed by atoms with Crippen molar-refractivity contribution in [1.82, 2.24) is 4.90 Å². The SMILES string of the molecule is COCCN1C(=O)C(O)=C(C(C)=O)[C@H]1c1ccc(C(C)C)cc1. The summed E-state index contributed by atoms with van der Waals surface area (Å²) in [6, 6.07) is 7.25. The first-order chi connectivity index (χ1) is 10.9. The number of Topliss-reactive ketones (excluding diaryl/α,β-unsaturated/α-hetero) is 1. The van der Waals surface area contributed by atoms with E-state index in [-0.39, 0.29) is 11.4 Å². The second-order valence-electron chi connectivity index (χ2n) is 6.03. The predicted octanol–water partition coefficient (Wildman–Crippen LogP) is 2.74. The van der Waals surface area contributed by atoms with Crippen molar-refractivity contribution in [3.05, 3.63) is 46.7 Å². The number of aliphatic hydroxyl groups excluding tert-OH is 1. The zero-order valence-electron chi connectivity index (χ0n) is 14.0. The fraction of sp³-hybridized carbons (Fsp3) is 0.444. The van der Waals surface area contributed by atoms with Gasteiger partial charge in [0.15, 0.2) is 11.5 Å². The van der Waals surface area contributed by atoms with Crippen LogP contribution < -0.4 is 0 Å². The van der Waals surface area contributed by atoms with Crippen LogP contribution in [-0.4, -0.2) is 42.0 Å². The van der Waals surface area contributed by atoms with Gasteiger partial charge in [-0.1, -0.05) is 38.1 Å². The minimum absolute atomic E-state index is 0.156. The van der Waals surface area contributed by atoms with Gasteiger partial charge >= 0.3 is 0 Å². The molecule has 23 heavy (non-hydrogen) atoms. The van der Waals surface area contributed by atoms with E-state index in [9.17, 15) is 14.7 Å². The molecule has 1 atom stereocenters. The maximum Gasteiger partial charge on any atom is 0.290 e. The number of carbonyl (C=O) groups is 2. The Morgan fingerprint density at radius 1 is 1.30 bits per heavy atom. The highest BCUT2D eigenvalue weighted by Crippen LogP contribution is 2.37. The van der Waals surface area contributed by atoms with Crippen LogP contribution in [0.5, 0.6) is 0 Å². The molecule has 1 aromatic rings. The summed E-state index contributed by atoms with van der Waals surface area (Å²) in [6.07, 6.45) is 0. The topological polar surface area (TPSA) is 66.8 Å². The number of aliphatic hydroxyl groups is 1. The van der Waals surface area contributed by atoms with Gasteiger partial charge in [-0.05, 0) is 24.0 Å². The molecule has 0 saturated heterocycles. The van der Waals surface area contributed by atoms with Crippen molar-refractivity contribution < 1.29 is 19.4 Å². The fourth-order valence-corrected chi connectivity index (χ4v) is 2.84. The van der Waals surface area contributed by atoms with Gasteiger partial charge in [0, 0.05) is 13.7 Å². The third-order valence-electron chi connectivity index (χ3n) is 4.14. The molecule has 0 aromatic heterocycles. The smallest absolute Gasteiger partial charge is 0.290 e. The number of methoxy groups -OCH3 is 1. The van der Waals surface area contributed by atoms with Crippen LogP contribution in [-0.2, 0) is 14.3 Å². The van der Waals surface area contributed by atoms with Gasteiger partial charge in [0.1, 0.15) is 0 Å². The lowest BCUT2D eigenvalue weighted by atomic mass is 9.94. The zero-order valence-corrected chi connectivity index (χ0v) is 14.0. The second kappa shape index (κ2) is 6.96. The summed E-state index contributed by atoms with van der Waals surface area (Å²) in [5.41, 5.74) is 2.15. The van der Waals surface area contributed by atoms with Crippen LogP contribution in [0.3, 0.4) is 0 Å². The molecule has 0 saturated carbocycles. The molecule has 0 fully saturated rings. The Bertz CT molecular complexity index is 631. The summed E-state index contributed by atoms with van der Waals surface area (Å²) in [4.78, 5) is 25.7. The van der Waals surface area contributed by atoms with Crippen LogP contribution in [0.1, 0.15) is 43.9 Å². The van der Waals surface area contributed by atoms with Gasteiger partial charge in [-0.3, -0.25) is 9.59 Å². The van der Waals surface area contributed by atoms with E-state index in [0.717, 1.165) is 5.56 Å². The van der Waals surface area contributed by atoms with Crippen molar-refractivity contribution in [2.45, 2.75) is 32.7 Å². The van der Waals surface area contributed by atoms with Crippen LogP contribution in [0.4, 0.5) is 0 Å². The number of rotatable bonds is 6. The Morgan fingerprint density at radius 2 is 1.91 bits per heavy atom. The van der Waals surface area contributed by atoms with Gasteiger partial charge in [0.25, 0.3) is 5.91 Å². The quantitative estimate of drug-likeness (QED) is 0.876. The molecular weight excluding hydrogens is 294 g/mol. The molecule has 5 heteroatoms. The molecule has 1 aromatic carbocycles. The molecule has 5 nitrogen and oxygen atoms in total. The molecule has 0 aliphatic carbocycles. The van der Waals surface area contributed by atoms with E-state index in [1.807, 2.05) is 24.3 Å². The second-order valence-corrected chi connectivity index (χ2v) is 6.03. The van der Waals surface area contributed by atoms with Gasteiger partial charge < -0.3 is 14.7 Å². The van der Waals surface area contributed by atoms with E-state index in [4.69, 9.17) is 4.74 Å². The molecule has 0 spiro atoms. The van der Waals surface area contributed by atoms with E-state index in [1.54, 1.807) is 7.11 Å². The lowest BCUT2D eigenvalue weighted by molar-refractivity contribution is -0.130. The summed E-state index contributed by atoms with van der Waals surface area (Å²) in [7, 11) is 1.55. The maximum atomic E-state index is 12.3. The monoisotopic (exact) mass is 317 g/mol. The fourth-order valence-electron chi connectivity index (χ4n) is 2.84. The first-order valence-corrected chi connectivity index (χ1v) is 7.72. The van der Waals surface area contributed by atoms with Crippen molar-refractivity contribution in [1.29, 1.82) is 0 Å². The molecule has 124 valence electrons. The highest BCUT2D eigenvalue weighted by Gasteiger charge is 2.41. The Morgan fingerprint density at radius 3 is 2.39 bits per heavy atom. The minimum atomic E-state index is -0.559. The molecular formula is C18H23NO4. The molecule has 1 aliphatic heterocycles. The Kier molecular flexibility index (Phi) is 5.21.